The molecule has 0 aliphatic rings. The summed E-state index contributed by atoms with van der Waals surface area (Å²) in [6.07, 6.45) is 1.03. The van der Waals surface area contributed by atoms with Crippen LogP contribution in [0.15, 0.2) is 53.7 Å². The molecule has 0 unspecified atom stereocenters. The molecule has 2 aromatic carbocycles. The molecule has 1 heterocycles. The monoisotopic (exact) mass is 453 g/mol. The maximum Gasteiger partial charge on any atom is 0.234 e. The molecular formula is C23H27N5O3S. The van der Waals surface area contributed by atoms with Crippen LogP contribution in [-0.2, 0) is 29.5 Å². The number of aromatic nitrogens is 3. The van der Waals surface area contributed by atoms with Crippen LogP contribution >= 0.6 is 11.8 Å². The highest BCUT2D eigenvalue weighted by molar-refractivity contribution is 7.99. The van der Waals surface area contributed by atoms with Gasteiger partial charge < -0.3 is 19.9 Å². The van der Waals surface area contributed by atoms with Crippen molar-refractivity contribution in [2.24, 2.45) is 7.05 Å². The summed E-state index contributed by atoms with van der Waals surface area (Å²) in [4.78, 5) is 24.6. The topological polar surface area (TPSA) is 98.1 Å². The van der Waals surface area contributed by atoms with Crippen LogP contribution in [0.25, 0.3) is 0 Å². The minimum Gasteiger partial charge on any atom is -0.494 e. The summed E-state index contributed by atoms with van der Waals surface area (Å²) in [6.45, 7) is 4.59. The van der Waals surface area contributed by atoms with Gasteiger partial charge in [0.15, 0.2) is 5.16 Å². The Morgan fingerprint density at radius 2 is 1.56 bits per heavy atom. The third kappa shape index (κ3) is 6.58. The van der Waals surface area contributed by atoms with E-state index in [1.165, 1.54) is 17.3 Å². The predicted molar refractivity (Wildman–Crippen MR) is 126 cm³/mol. The van der Waals surface area contributed by atoms with Gasteiger partial charge in [0, 0.05) is 18.4 Å². The molecule has 0 saturated heterocycles. The number of hydrogen-bond donors (Lipinski definition) is 2. The maximum atomic E-state index is 12.4. The van der Waals surface area contributed by atoms with Gasteiger partial charge in [-0.15, -0.1) is 10.2 Å². The van der Waals surface area contributed by atoms with E-state index in [1.807, 2.05) is 31.2 Å². The van der Waals surface area contributed by atoms with Crippen molar-refractivity contribution in [1.82, 2.24) is 14.8 Å². The minimum atomic E-state index is -0.200. The maximum absolute atomic E-state index is 12.4. The van der Waals surface area contributed by atoms with E-state index in [-0.39, 0.29) is 24.0 Å². The summed E-state index contributed by atoms with van der Waals surface area (Å²) in [5, 5.41) is 14.5. The van der Waals surface area contributed by atoms with E-state index < -0.39 is 0 Å². The zero-order valence-electron chi connectivity index (χ0n) is 18.4. The molecular weight excluding hydrogens is 426 g/mol. The van der Waals surface area contributed by atoms with E-state index in [2.05, 4.69) is 27.8 Å². The van der Waals surface area contributed by atoms with Gasteiger partial charge in [-0.1, -0.05) is 30.8 Å². The first kappa shape index (κ1) is 23.3. The van der Waals surface area contributed by atoms with Crippen molar-refractivity contribution < 1.29 is 14.3 Å². The number of carbonyl (C=O) groups is 2. The number of nitrogens with one attached hydrogen (secondary N) is 2. The molecule has 168 valence electrons. The molecule has 0 spiro atoms. The minimum absolute atomic E-state index is 0.0766. The van der Waals surface area contributed by atoms with Gasteiger partial charge in [0.25, 0.3) is 0 Å². The van der Waals surface area contributed by atoms with E-state index in [9.17, 15) is 9.59 Å². The Bertz CT molecular complexity index is 1050. The fourth-order valence-corrected chi connectivity index (χ4v) is 3.66. The van der Waals surface area contributed by atoms with Crippen molar-refractivity contribution in [3.8, 4) is 5.75 Å². The zero-order valence-corrected chi connectivity index (χ0v) is 19.2. The molecule has 9 heteroatoms. The summed E-state index contributed by atoms with van der Waals surface area (Å²) in [6, 6.07) is 15.0. The lowest BCUT2D eigenvalue weighted by atomic mass is 10.1. The number of aryl methyl sites for hydroxylation is 1. The average Bonchev–Trinajstić information content (AvgIpc) is 3.13. The first-order chi connectivity index (χ1) is 15.5. The SMILES string of the molecule is CCOc1ccc(NC(=O)Cc2nnc(SCC(=O)Nc3ccc(CC)cc3)n2C)cc1. The van der Waals surface area contributed by atoms with E-state index >= 15 is 0 Å². The number of benzene rings is 2. The zero-order chi connectivity index (χ0) is 22.9. The predicted octanol–water partition coefficient (Wildman–Crippen LogP) is 3.69. The molecule has 3 rings (SSSR count). The summed E-state index contributed by atoms with van der Waals surface area (Å²) in [5.74, 6) is 1.14. The lowest BCUT2D eigenvalue weighted by molar-refractivity contribution is -0.116. The van der Waals surface area contributed by atoms with Crippen molar-refractivity contribution in [3.63, 3.8) is 0 Å². The van der Waals surface area contributed by atoms with Crippen LogP contribution in [0.2, 0.25) is 0 Å². The largest absolute Gasteiger partial charge is 0.494 e. The molecule has 1 aromatic heterocycles. The Labute approximate surface area is 191 Å². The number of thioether (sulfide) groups is 1. The second-order valence-corrected chi connectivity index (χ2v) is 7.97. The fraction of sp³-hybridized carbons (Fsp3) is 0.304. The molecule has 0 aliphatic heterocycles. The number of hydrogen-bond acceptors (Lipinski definition) is 6. The van der Waals surface area contributed by atoms with Gasteiger partial charge in [-0.3, -0.25) is 9.59 Å². The van der Waals surface area contributed by atoms with Crippen LogP contribution in [0.3, 0.4) is 0 Å². The second kappa shape index (κ2) is 11.3. The van der Waals surface area contributed by atoms with Crippen molar-refractivity contribution in [3.05, 3.63) is 59.9 Å². The molecule has 8 nitrogen and oxygen atoms in total. The van der Waals surface area contributed by atoms with Crippen LogP contribution in [0.1, 0.15) is 25.2 Å². The first-order valence-corrected chi connectivity index (χ1v) is 11.4. The lowest BCUT2D eigenvalue weighted by Gasteiger charge is -2.08. The highest BCUT2D eigenvalue weighted by Gasteiger charge is 2.15. The summed E-state index contributed by atoms with van der Waals surface area (Å²) >= 11 is 1.27. The summed E-state index contributed by atoms with van der Waals surface area (Å²) < 4.78 is 7.13. The number of carbonyl (C=O) groups excluding carboxylic acids is 2. The smallest absolute Gasteiger partial charge is 0.234 e. The molecule has 0 radical (unpaired) electrons. The van der Waals surface area contributed by atoms with E-state index in [0.29, 0.717) is 23.3 Å². The number of amides is 2. The van der Waals surface area contributed by atoms with Crippen molar-refractivity contribution in [2.45, 2.75) is 31.8 Å². The van der Waals surface area contributed by atoms with Crippen LogP contribution in [0.5, 0.6) is 5.75 Å². The number of rotatable bonds is 10. The van der Waals surface area contributed by atoms with E-state index in [0.717, 1.165) is 17.9 Å². The van der Waals surface area contributed by atoms with Gasteiger partial charge in [0.05, 0.1) is 18.8 Å². The highest BCUT2D eigenvalue weighted by atomic mass is 32.2. The molecule has 0 bridgehead atoms. The van der Waals surface area contributed by atoms with Gasteiger partial charge in [0.2, 0.25) is 11.8 Å². The van der Waals surface area contributed by atoms with Gasteiger partial charge in [-0.2, -0.15) is 0 Å². The fourth-order valence-electron chi connectivity index (χ4n) is 2.93. The van der Waals surface area contributed by atoms with Crippen LogP contribution in [0, 0.1) is 0 Å². The third-order valence-corrected chi connectivity index (χ3v) is 5.69. The van der Waals surface area contributed by atoms with Gasteiger partial charge in [-0.05, 0) is 55.3 Å². The first-order valence-electron chi connectivity index (χ1n) is 10.4. The van der Waals surface area contributed by atoms with Crippen molar-refractivity contribution in [2.75, 3.05) is 23.0 Å². The van der Waals surface area contributed by atoms with Crippen LogP contribution in [-0.4, -0.2) is 38.9 Å². The quantitative estimate of drug-likeness (QED) is 0.455. The van der Waals surface area contributed by atoms with Crippen molar-refractivity contribution in [1.29, 1.82) is 0 Å². The number of anilines is 2. The molecule has 3 aromatic rings. The van der Waals surface area contributed by atoms with E-state index in [1.54, 1.807) is 35.9 Å². The van der Waals surface area contributed by atoms with E-state index in [4.69, 9.17) is 4.74 Å². The second-order valence-electron chi connectivity index (χ2n) is 7.03. The van der Waals surface area contributed by atoms with Crippen LogP contribution < -0.4 is 15.4 Å². The molecule has 0 saturated carbocycles. The molecule has 0 fully saturated rings. The lowest BCUT2D eigenvalue weighted by Crippen LogP contribution is -2.17. The Kier molecular flexibility index (Phi) is 8.27. The average molecular weight is 454 g/mol. The summed E-state index contributed by atoms with van der Waals surface area (Å²) in [7, 11) is 1.78. The Balaban J connectivity index is 1.49. The highest BCUT2D eigenvalue weighted by Crippen LogP contribution is 2.18. The Hall–Kier alpha value is -3.33. The molecule has 0 atom stereocenters. The number of nitrogens with zero attached hydrogens (tertiary/aromatic N) is 3. The van der Waals surface area contributed by atoms with Gasteiger partial charge >= 0.3 is 0 Å². The Morgan fingerprint density at radius 3 is 2.19 bits per heavy atom. The number of ether oxygens (including phenoxy) is 1. The van der Waals surface area contributed by atoms with Crippen molar-refractivity contribution >= 4 is 35.0 Å². The van der Waals surface area contributed by atoms with Gasteiger partial charge in [0.1, 0.15) is 11.6 Å². The molecule has 32 heavy (non-hydrogen) atoms. The molecule has 2 amide bonds. The van der Waals surface area contributed by atoms with Crippen LogP contribution in [0.4, 0.5) is 11.4 Å². The normalized spacial score (nSPS) is 10.6. The molecule has 0 aliphatic carbocycles. The standard InChI is InChI=1S/C23H27N5O3S/c1-4-16-6-8-17(9-7-16)25-22(30)15-32-23-27-26-20(28(23)3)14-21(29)24-18-10-12-19(13-11-18)31-5-2/h6-13H,4-5,14-15H2,1-3H3,(H,24,29)(H,25,30). The molecule has 2 N–H and O–H groups in total. The Morgan fingerprint density at radius 1 is 0.938 bits per heavy atom. The van der Waals surface area contributed by atoms with Gasteiger partial charge in [-0.25, -0.2) is 0 Å². The third-order valence-electron chi connectivity index (χ3n) is 4.67. The summed E-state index contributed by atoms with van der Waals surface area (Å²) in [5.41, 5.74) is 2.66.